The lowest BCUT2D eigenvalue weighted by Crippen LogP contribution is -2.18. The lowest BCUT2D eigenvalue weighted by atomic mass is 10.2. The van der Waals surface area contributed by atoms with Gasteiger partial charge in [-0.25, -0.2) is 9.37 Å². The molecule has 1 N–H and O–H groups in total. The van der Waals surface area contributed by atoms with Crippen molar-refractivity contribution < 1.29 is 4.39 Å². The summed E-state index contributed by atoms with van der Waals surface area (Å²) in [7, 11) is 0. The number of anilines is 2. The molecule has 0 unspecified atom stereocenters. The first kappa shape index (κ1) is 14.5. The minimum absolute atomic E-state index is 0.223. The Morgan fingerprint density at radius 1 is 1.10 bits per heavy atom. The second kappa shape index (κ2) is 7.01. The molecular weight excluding hydrogens is 253 g/mol. The Labute approximate surface area is 119 Å². The zero-order valence-electron chi connectivity index (χ0n) is 11.9. The molecule has 0 amide bonds. The number of aromatic nitrogens is 1. The van der Waals surface area contributed by atoms with Crippen molar-refractivity contribution in [3.8, 4) is 0 Å². The van der Waals surface area contributed by atoms with E-state index in [9.17, 15) is 4.39 Å². The average molecular weight is 273 g/mol. The smallest absolute Gasteiger partial charge is 0.132 e. The quantitative estimate of drug-likeness (QED) is 0.873. The van der Waals surface area contributed by atoms with Crippen LogP contribution in [0.4, 0.5) is 15.9 Å². The average Bonchev–Trinajstić information content (AvgIpc) is 2.49. The fourth-order valence-corrected chi connectivity index (χ4v) is 2.05. The molecule has 0 bridgehead atoms. The van der Waals surface area contributed by atoms with E-state index < -0.39 is 0 Å². The maximum Gasteiger partial charge on any atom is 0.132 e. The van der Waals surface area contributed by atoms with Crippen molar-refractivity contribution in [2.75, 3.05) is 18.0 Å². The van der Waals surface area contributed by atoms with Gasteiger partial charge in [-0.2, -0.15) is 0 Å². The van der Waals surface area contributed by atoms with Gasteiger partial charge in [-0.3, -0.25) is 0 Å². The second-order valence-electron chi connectivity index (χ2n) is 4.53. The fourth-order valence-electron chi connectivity index (χ4n) is 2.05. The van der Waals surface area contributed by atoms with Gasteiger partial charge in [-0.05, 0) is 49.4 Å². The molecule has 106 valence electrons. The van der Waals surface area contributed by atoms with Crippen LogP contribution in [0.15, 0.2) is 42.6 Å². The van der Waals surface area contributed by atoms with Crippen LogP contribution in [0.25, 0.3) is 0 Å². The second-order valence-corrected chi connectivity index (χ2v) is 4.53. The van der Waals surface area contributed by atoms with Gasteiger partial charge < -0.3 is 10.2 Å². The van der Waals surface area contributed by atoms with Crippen molar-refractivity contribution in [3.63, 3.8) is 0 Å². The molecule has 20 heavy (non-hydrogen) atoms. The van der Waals surface area contributed by atoms with E-state index in [2.05, 4.69) is 35.1 Å². The normalized spacial score (nSPS) is 10.6. The summed E-state index contributed by atoms with van der Waals surface area (Å²) in [5, 5.41) is 3.27. The van der Waals surface area contributed by atoms with Crippen LogP contribution < -0.4 is 10.2 Å². The van der Waals surface area contributed by atoms with Crippen LogP contribution in [0.1, 0.15) is 19.4 Å². The Kier molecular flexibility index (Phi) is 5.07. The molecule has 0 aliphatic carbocycles. The molecule has 3 nitrogen and oxygen atoms in total. The Morgan fingerprint density at radius 2 is 1.85 bits per heavy atom. The number of halogens is 1. The highest BCUT2D eigenvalue weighted by molar-refractivity contribution is 5.59. The van der Waals surface area contributed by atoms with E-state index in [-0.39, 0.29) is 5.82 Å². The highest BCUT2D eigenvalue weighted by atomic mass is 19.1. The summed E-state index contributed by atoms with van der Waals surface area (Å²) in [5.74, 6) is 0.651. The first-order chi connectivity index (χ1) is 9.74. The number of pyridine rings is 1. The van der Waals surface area contributed by atoms with Gasteiger partial charge in [0.15, 0.2) is 0 Å². The van der Waals surface area contributed by atoms with Crippen molar-refractivity contribution in [2.24, 2.45) is 0 Å². The van der Waals surface area contributed by atoms with Crippen molar-refractivity contribution in [1.29, 1.82) is 0 Å². The summed E-state index contributed by atoms with van der Waals surface area (Å²) in [6, 6.07) is 10.5. The first-order valence-electron chi connectivity index (χ1n) is 6.93. The monoisotopic (exact) mass is 273 g/mol. The van der Waals surface area contributed by atoms with Gasteiger partial charge in [0.1, 0.15) is 11.6 Å². The standard InChI is InChI=1S/C16H20FN3/c1-3-18-11-13-5-10-16(19-12-13)20(4-2)15-8-6-14(17)7-9-15/h5-10,12,18H,3-4,11H2,1-2H3. The van der Waals surface area contributed by atoms with Gasteiger partial charge in [0.05, 0.1) is 0 Å². The van der Waals surface area contributed by atoms with E-state index >= 15 is 0 Å². The van der Waals surface area contributed by atoms with Crippen LogP contribution >= 0.6 is 0 Å². The van der Waals surface area contributed by atoms with E-state index in [1.807, 2.05) is 12.3 Å². The Hall–Kier alpha value is -1.94. The van der Waals surface area contributed by atoms with Gasteiger partial charge in [0, 0.05) is 25.0 Å². The lowest BCUT2D eigenvalue weighted by Gasteiger charge is -2.22. The molecule has 0 fully saturated rings. The SMILES string of the molecule is CCNCc1ccc(N(CC)c2ccc(F)cc2)nc1. The van der Waals surface area contributed by atoms with Crippen LogP contribution in [0.5, 0.6) is 0 Å². The predicted octanol–water partition coefficient (Wildman–Crippen LogP) is 3.49. The van der Waals surface area contributed by atoms with Crippen molar-refractivity contribution in [3.05, 3.63) is 54.0 Å². The minimum Gasteiger partial charge on any atom is -0.327 e. The third-order valence-electron chi connectivity index (χ3n) is 3.12. The number of rotatable bonds is 6. The number of benzene rings is 1. The molecule has 1 aromatic heterocycles. The van der Waals surface area contributed by atoms with Crippen molar-refractivity contribution >= 4 is 11.5 Å². The predicted molar refractivity (Wildman–Crippen MR) is 80.7 cm³/mol. The van der Waals surface area contributed by atoms with E-state index in [0.29, 0.717) is 0 Å². The lowest BCUT2D eigenvalue weighted by molar-refractivity contribution is 0.628. The summed E-state index contributed by atoms with van der Waals surface area (Å²) >= 11 is 0. The Bertz CT molecular complexity index is 522. The number of hydrogen-bond acceptors (Lipinski definition) is 3. The van der Waals surface area contributed by atoms with E-state index in [1.165, 1.54) is 12.1 Å². The molecule has 0 saturated carbocycles. The zero-order valence-corrected chi connectivity index (χ0v) is 11.9. The van der Waals surface area contributed by atoms with Gasteiger partial charge in [-0.15, -0.1) is 0 Å². The zero-order chi connectivity index (χ0) is 14.4. The molecule has 1 aromatic carbocycles. The highest BCUT2D eigenvalue weighted by Gasteiger charge is 2.08. The van der Waals surface area contributed by atoms with Crippen LogP contribution in [0.2, 0.25) is 0 Å². The summed E-state index contributed by atoms with van der Waals surface area (Å²) in [6.45, 7) is 6.68. The van der Waals surface area contributed by atoms with E-state index in [0.717, 1.165) is 36.7 Å². The molecule has 0 radical (unpaired) electrons. The topological polar surface area (TPSA) is 28.2 Å². The molecule has 0 aliphatic heterocycles. The number of nitrogens with zero attached hydrogens (tertiary/aromatic N) is 2. The molecule has 0 saturated heterocycles. The van der Waals surface area contributed by atoms with Gasteiger partial charge in [0.25, 0.3) is 0 Å². The molecule has 4 heteroatoms. The molecule has 2 aromatic rings. The molecule has 1 heterocycles. The third kappa shape index (κ3) is 3.54. The Balaban J connectivity index is 2.17. The summed E-state index contributed by atoms with van der Waals surface area (Å²) in [5.41, 5.74) is 2.10. The van der Waals surface area contributed by atoms with Crippen LogP contribution in [0, 0.1) is 5.82 Å². The maximum absolute atomic E-state index is 13.0. The van der Waals surface area contributed by atoms with Crippen molar-refractivity contribution in [2.45, 2.75) is 20.4 Å². The number of nitrogens with one attached hydrogen (secondary N) is 1. The molecule has 0 atom stereocenters. The largest absolute Gasteiger partial charge is 0.327 e. The Morgan fingerprint density at radius 3 is 2.40 bits per heavy atom. The highest BCUT2D eigenvalue weighted by Crippen LogP contribution is 2.23. The molecule has 0 spiro atoms. The van der Waals surface area contributed by atoms with Crippen LogP contribution in [-0.2, 0) is 6.54 Å². The molecule has 2 rings (SSSR count). The minimum atomic E-state index is -0.223. The first-order valence-corrected chi connectivity index (χ1v) is 6.93. The van der Waals surface area contributed by atoms with Gasteiger partial charge >= 0.3 is 0 Å². The van der Waals surface area contributed by atoms with Crippen LogP contribution in [0.3, 0.4) is 0 Å². The van der Waals surface area contributed by atoms with Crippen molar-refractivity contribution in [1.82, 2.24) is 10.3 Å². The third-order valence-corrected chi connectivity index (χ3v) is 3.12. The summed E-state index contributed by atoms with van der Waals surface area (Å²) < 4.78 is 13.0. The van der Waals surface area contributed by atoms with Crippen LogP contribution in [-0.4, -0.2) is 18.1 Å². The molecule has 0 aliphatic rings. The fraction of sp³-hybridized carbons (Fsp3) is 0.312. The van der Waals surface area contributed by atoms with Gasteiger partial charge in [-0.1, -0.05) is 13.0 Å². The van der Waals surface area contributed by atoms with Gasteiger partial charge in [0.2, 0.25) is 0 Å². The maximum atomic E-state index is 13.0. The van der Waals surface area contributed by atoms with E-state index in [1.54, 1.807) is 12.1 Å². The summed E-state index contributed by atoms with van der Waals surface area (Å²) in [6.07, 6.45) is 1.88. The number of hydrogen-bond donors (Lipinski definition) is 1. The van der Waals surface area contributed by atoms with E-state index in [4.69, 9.17) is 0 Å². The molecular formula is C16H20FN3. The summed E-state index contributed by atoms with van der Waals surface area (Å²) in [4.78, 5) is 6.55.